The van der Waals surface area contributed by atoms with Crippen molar-refractivity contribution in [3.05, 3.63) is 54.2 Å². The second kappa shape index (κ2) is 8.21. The van der Waals surface area contributed by atoms with Gasteiger partial charge in [-0.3, -0.25) is 4.90 Å². The van der Waals surface area contributed by atoms with Crippen LogP contribution in [0.15, 0.2) is 48.5 Å². The van der Waals surface area contributed by atoms with Gasteiger partial charge in [0.1, 0.15) is 5.75 Å². The van der Waals surface area contributed by atoms with Crippen LogP contribution in [0.1, 0.15) is 44.2 Å². The quantitative estimate of drug-likeness (QED) is 0.615. The van der Waals surface area contributed by atoms with Gasteiger partial charge in [-0.05, 0) is 86.5 Å². The van der Waals surface area contributed by atoms with Crippen LogP contribution in [-0.4, -0.2) is 40.3 Å². The number of ether oxygens (including phenoxy) is 1. The Labute approximate surface area is 172 Å². The summed E-state index contributed by atoms with van der Waals surface area (Å²) in [4.78, 5) is 5.94. The van der Waals surface area contributed by atoms with Gasteiger partial charge in [-0.15, -0.1) is 0 Å². The SMILES string of the molecule is OC[C@H]1CCCN1Cc1cc2cc(-c3cccc(OC4CCCC4)c3)ccc2[nH]1. The van der Waals surface area contributed by atoms with Crippen LogP contribution in [0.3, 0.4) is 0 Å². The second-order valence-corrected chi connectivity index (χ2v) is 8.60. The molecule has 1 saturated carbocycles. The minimum atomic E-state index is 0.254. The lowest BCUT2D eigenvalue weighted by molar-refractivity contribution is 0.152. The van der Waals surface area contributed by atoms with Crippen LogP contribution in [-0.2, 0) is 6.54 Å². The summed E-state index contributed by atoms with van der Waals surface area (Å²) in [5.41, 5.74) is 4.80. The van der Waals surface area contributed by atoms with Crippen LogP contribution in [0.2, 0.25) is 0 Å². The van der Waals surface area contributed by atoms with Gasteiger partial charge in [0.2, 0.25) is 0 Å². The van der Waals surface area contributed by atoms with E-state index < -0.39 is 0 Å². The highest BCUT2D eigenvalue weighted by molar-refractivity contribution is 5.86. The molecule has 0 bridgehead atoms. The average Bonchev–Trinajstić information content (AvgIpc) is 3.48. The summed E-state index contributed by atoms with van der Waals surface area (Å²) in [5, 5.41) is 10.8. The van der Waals surface area contributed by atoms with Gasteiger partial charge in [-0.25, -0.2) is 0 Å². The van der Waals surface area contributed by atoms with Crippen LogP contribution < -0.4 is 4.74 Å². The highest BCUT2D eigenvalue weighted by Crippen LogP contribution is 2.30. The number of aromatic amines is 1. The lowest BCUT2D eigenvalue weighted by atomic mass is 10.0. The van der Waals surface area contributed by atoms with E-state index in [9.17, 15) is 5.11 Å². The molecule has 5 rings (SSSR count). The van der Waals surface area contributed by atoms with E-state index in [4.69, 9.17) is 4.74 Å². The van der Waals surface area contributed by atoms with E-state index in [-0.39, 0.29) is 6.61 Å². The van der Waals surface area contributed by atoms with E-state index in [1.54, 1.807) is 0 Å². The monoisotopic (exact) mass is 390 g/mol. The number of aliphatic hydroxyl groups is 1. The number of benzene rings is 2. The first-order valence-electron chi connectivity index (χ1n) is 11.0. The van der Waals surface area contributed by atoms with Crippen LogP contribution in [0, 0.1) is 0 Å². The average molecular weight is 391 g/mol. The lowest BCUT2D eigenvalue weighted by Crippen LogP contribution is -2.31. The lowest BCUT2D eigenvalue weighted by Gasteiger charge is -2.21. The molecule has 2 N–H and O–H groups in total. The third-order valence-electron chi connectivity index (χ3n) is 6.53. The summed E-state index contributed by atoms with van der Waals surface area (Å²) in [7, 11) is 0. The molecule has 1 aromatic heterocycles. The first kappa shape index (κ1) is 18.7. The topological polar surface area (TPSA) is 48.5 Å². The number of nitrogens with one attached hydrogen (secondary N) is 1. The molecular weight excluding hydrogens is 360 g/mol. The van der Waals surface area contributed by atoms with Crippen LogP contribution in [0.5, 0.6) is 5.75 Å². The van der Waals surface area contributed by atoms with Gasteiger partial charge in [0.15, 0.2) is 0 Å². The maximum absolute atomic E-state index is 9.57. The van der Waals surface area contributed by atoms with Crippen molar-refractivity contribution >= 4 is 10.9 Å². The molecule has 3 aromatic rings. The van der Waals surface area contributed by atoms with Gasteiger partial charge < -0.3 is 14.8 Å². The fourth-order valence-corrected chi connectivity index (χ4v) is 4.93. The van der Waals surface area contributed by atoms with Gasteiger partial charge >= 0.3 is 0 Å². The number of nitrogens with zero attached hydrogens (tertiary/aromatic N) is 1. The van der Waals surface area contributed by atoms with Gasteiger partial charge in [-0.1, -0.05) is 18.2 Å². The minimum absolute atomic E-state index is 0.254. The predicted molar refractivity (Wildman–Crippen MR) is 117 cm³/mol. The van der Waals surface area contributed by atoms with Gasteiger partial charge in [0.25, 0.3) is 0 Å². The number of likely N-dealkylation sites (tertiary alicyclic amines) is 1. The molecule has 1 saturated heterocycles. The van der Waals surface area contributed by atoms with Crippen LogP contribution >= 0.6 is 0 Å². The molecule has 2 heterocycles. The number of hydrogen-bond acceptors (Lipinski definition) is 3. The molecule has 0 spiro atoms. The third-order valence-corrected chi connectivity index (χ3v) is 6.53. The Bertz CT molecular complexity index is 974. The summed E-state index contributed by atoms with van der Waals surface area (Å²) in [6.45, 7) is 2.20. The molecule has 1 aliphatic carbocycles. The normalized spacial score (nSPS) is 20.7. The molecule has 2 aromatic carbocycles. The van der Waals surface area contributed by atoms with E-state index >= 15 is 0 Å². The zero-order chi connectivity index (χ0) is 19.6. The molecular formula is C25H30N2O2. The van der Waals surface area contributed by atoms with Crippen molar-refractivity contribution in [3.8, 4) is 16.9 Å². The zero-order valence-corrected chi connectivity index (χ0v) is 16.9. The number of hydrogen-bond donors (Lipinski definition) is 2. The molecule has 2 aliphatic rings. The van der Waals surface area contributed by atoms with Gasteiger partial charge in [0.05, 0.1) is 12.7 Å². The minimum Gasteiger partial charge on any atom is -0.490 e. The van der Waals surface area contributed by atoms with E-state index in [2.05, 4.69) is 58.4 Å². The maximum Gasteiger partial charge on any atom is 0.120 e. The first-order valence-corrected chi connectivity index (χ1v) is 11.0. The van der Waals surface area contributed by atoms with Crippen molar-refractivity contribution in [2.75, 3.05) is 13.2 Å². The number of H-pyrrole nitrogens is 1. The molecule has 4 nitrogen and oxygen atoms in total. The summed E-state index contributed by atoms with van der Waals surface area (Å²) >= 11 is 0. The summed E-state index contributed by atoms with van der Waals surface area (Å²) in [6.07, 6.45) is 7.58. The van der Waals surface area contributed by atoms with E-state index in [1.165, 1.54) is 59.8 Å². The molecule has 29 heavy (non-hydrogen) atoms. The van der Waals surface area contributed by atoms with Crippen molar-refractivity contribution in [1.82, 2.24) is 9.88 Å². The summed E-state index contributed by atoms with van der Waals surface area (Å²) < 4.78 is 6.19. The largest absolute Gasteiger partial charge is 0.490 e. The van der Waals surface area contributed by atoms with Crippen molar-refractivity contribution < 1.29 is 9.84 Å². The second-order valence-electron chi connectivity index (χ2n) is 8.60. The van der Waals surface area contributed by atoms with E-state index in [1.807, 2.05) is 0 Å². The van der Waals surface area contributed by atoms with Crippen molar-refractivity contribution in [2.45, 2.75) is 57.2 Å². The van der Waals surface area contributed by atoms with Crippen molar-refractivity contribution in [3.63, 3.8) is 0 Å². The standard InChI is InChI=1S/C25H30N2O2/c28-17-22-6-4-12-27(22)16-21-14-20-13-19(10-11-25(20)26-21)18-5-3-9-24(15-18)29-23-7-1-2-8-23/h3,5,9-11,13-15,22-23,26,28H,1-2,4,6-8,12,16-17H2/t22-/m1/s1. The molecule has 1 atom stereocenters. The smallest absolute Gasteiger partial charge is 0.120 e. The number of aromatic nitrogens is 1. The van der Waals surface area contributed by atoms with Gasteiger partial charge in [0, 0.05) is 29.2 Å². The first-order chi connectivity index (χ1) is 14.3. The van der Waals surface area contributed by atoms with Crippen LogP contribution in [0.4, 0.5) is 0 Å². The van der Waals surface area contributed by atoms with Crippen LogP contribution in [0.25, 0.3) is 22.0 Å². The van der Waals surface area contributed by atoms with Gasteiger partial charge in [-0.2, -0.15) is 0 Å². The molecule has 4 heteroatoms. The zero-order valence-electron chi connectivity index (χ0n) is 16.9. The Balaban J connectivity index is 1.36. The Morgan fingerprint density at radius 3 is 2.69 bits per heavy atom. The molecule has 0 radical (unpaired) electrons. The Hall–Kier alpha value is -2.30. The van der Waals surface area contributed by atoms with E-state index in [0.717, 1.165) is 25.3 Å². The Morgan fingerprint density at radius 1 is 0.966 bits per heavy atom. The summed E-state index contributed by atoms with van der Waals surface area (Å²) in [5.74, 6) is 0.980. The highest BCUT2D eigenvalue weighted by Gasteiger charge is 2.24. The summed E-state index contributed by atoms with van der Waals surface area (Å²) in [6, 6.07) is 17.7. The highest BCUT2D eigenvalue weighted by atomic mass is 16.5. The predicted octanol–water partition coefficient (Wildman–Crippen LogP) is 5.11. The molecule has 0 amide bonds. The van der Waals surface area contributed by atoms with Crippen molar-refractivity contribution in [2.24, 2.45) is 0 Å². The fraction of sp³-hybridized carbons (Fsp3) is 0.440. The number of aliphatic hydroxyl groups excluding tert-OH is 1. The maximum atomic E-state index is 9.57. The number of rotatable bonds is 6. The third kappa shape index (κ3) is 4.05. The molecule has 2 fully saturated rings. The fourth-order valence-electron chi connectivity index (χ4n) is 4.93. The molecule has 0 unspecified atom stereocenters. The molecule has 1 aliphatic heterocycles. The number of fused-ring (bicyclic) bond motifs is 1. The molecule has 152 valence electrons. The Kier molecular flexibility index (Phi) is 5.30. The van der Waals surface area contributed by atoms with E-state index in [0.29, 0.717) is 12.1 Å². The van der Waals surface area contributed by atoms with Crippen molar-refractivity contribution in [1.29, 1.82) is 0 Å². The Morgan fingerprint density at radius 2 is 1.83 bits per heavy atom.